The number of hydrogen-bond acceptors (Lipinski definition) is 3. The standard InChI is InChI=1S/C18H28FN3O2.HI/c1-3-15(24-17-7-4-6-14(19)12-17)13-22-18(20-2)21-10-9-16-8-5-11-23-16;/h4,6-7,12,15-16H,3,5,8-11,13H2,1-2H3,(H2,20,21,22);1H. The topological polar surface area (TPSA) is 54.9 Å². The molecule has 2 N–H and O–H groups in total. The van der Waals surface area contributed by atoms with Crippen LogP contribution in [0.25, 0.3) is 0 Å². The number of hydrogen-bond donors (Lipinski definition) is 2. The van der Waals surface area contributed by atoms with Crippen LogP contribution in [0.2, 0.25) is 0 Å². The van der Waals surface area contributed by atoms with Crippen molar-refractivity contribution in [2.24, 2.45) is 4.99 Å². The summed E-state index contributed by atoms with van der Waals surface area (Å²) in [5.41, 5.74) is 0. The maximum atomic E-state index is 13.2. The van der Waals surface area contributed by atoms with Crippen molar-refractivity contribution in [1.82, 2.24) is 10.6 Å². The van der Waals surface area contributed by atoms with E-state index in [0.29, 0.717) is 18.4 Å². The highest BCUT2D eigenvalue weighted by atomic mass is 127. The predicted molar refractivity (Wildman–Crippen MR) is 109 cm³/mol. The molecule has 25 heavy (non-hydrogen) atoms. The van der Waals surface area contributed by atoms with Gasteiger partial charge in [-0.25, -0.2) is 4.39 Å². The van der Waals surface area contributed by atoms with Crippen molar-refractivity contribution in [3.8, 4) is 5.75 Å². The maximum Gasteiger partial charge on any atom is 0.191 e. The molecule has 5 nitrogen and oxygen atoms in total. The molecule has 1 aliphatic rings. The first-order valence-electron chi connectivity index (χ1n) is 8.69. The van der Waals surface area contributed by atoms with Crippen molar-refractivity contribution >= 4 is 29.9 Å². The fourth-order valence-electron chi connectivity index (χ4n) is 2.66. The van der Waals surface area contributed by atoms with Crippen molar-refractivity contribution in [3.05, 3.63) is 30.1 Å². The Morgan fingerprint density at radius 2 is 2.28 bits per heavy atom. The van der Waals surface area contributed by atoms with Gasteiger partial charge in [0.05, 0.1) is 12.6 Å². The summed E-state index contributed by atoms with van der Waals surface area (Å²) in [4.78, 5) is 4.22. The van der Waals surface area contributed by atoms with E-state index in [1.54, 1.807) is 19.2 Å². The van der Waals surface area contributed by atoms with Gasteiger partial charge < -0.3 is 20.1 Å². The van der Waals surface area contributed by atoms with Crippen LogP contribution in [0, 0.1) is 5.82 Å². The van der Waals surface area contributed by atoms with E-state index in [1.165, 1.54) is 12.1 Å². The van der Waals surface area contributed by atoms with Crippen molar-refractivity contribution in [3.63, 3.8) is 0 Å². The Balaban J connectivity index is 0.00000312. The number of ether oxygens (including phenoxy) is 2. The summed E-state index contributed by atoms with van der Waals surface area (Å²) < 4.78 is 24.7. The van der Waals surface area contributed by atoms with E-state index in [-0.39, 0.29) is 35.9 Å². The van der Waals surface area contributed by atoms with Gasteiger partial charge >= 0.3 is 0 Å². The van der Waals surface area contributed by atoms with Gasteiger partial charge in [0.25, 0.3) is 0 Å². The average molecular weight is 465 g/mol. The van der Waals surface area contributed by atoms with Crippen molar-refractivity contribution in [1.29, 1.82) is 0 Å². The summed E-state index contributed by atoms with van der Waals surface area (Å²) >= 11 is 0. The highest BCUT2D eigenvalue weighted by Crippen LogP contribution is 2.15. The van der Waals surface area contributed by atoms with Crippen LogP contribution < -0.4 is 15.4 Å². The summed E-state index contributed by atoms with van der Waals surface area (Å²) in [6, 6.07) is 6.22. The normalized spacial score (nSPS) is 18.4. The second-order valence-corrected chi connectivity index (χ2v) is 5.91. The molecule has 0 spiro atoms. The van der Waals surface area contributed by atoms with Crippen LogP contribution in [-0.2, 0) is 4.74 Å². The highest BCUT2D eigenvalue weighted by Gasteiger charge is 2.15. The Kier molecular flexibility index (Phi) is 10.8. The fraction of sp³-hybridized carbons (Fsp3) is 0.611. The van der Waals surface area contributed by atoms with E-state index >= 15 is 0 Å². The number of halogens is 2. The lowest BCUT2D eigenvalue weighted by molar-refractivity contribution is 0.105. The van der Waals surface area contributed by atoms with E-state index in [4.69, 9.17) is 9.47 Å². The third kappa shape index (κ3) is 8.22. The molecular formula is C18H29FIN3O2. The number of benzene rings is 1. The van der Waals surface area contributed by atoms with Gasteiger partial charge in [0.2, 0.25) is 0 Å². The zero-order valence-electron chi connectivity index (χ0n) is 15.0. The minimum absolute atomic E-state index is 0. The fourth-order valence-corrected chi connectivity index (χ4v) is 2.66. The Bertz CT molecular complexity index is 525. The molecule has 0 amide bonds. The lowest BCUT2D eigenvalue weighted by Crippen LogP contribution is -2.43. The van der Waals surface area contributed by atoms with Crippen molar-refractivity contribution in [2.45, 2.75) is 44.8 Å². The first kappa shape index (κ1) is 22.0. The Morgan fingerprint density at radius 1 is 1.44 bits per heavy atom. The van der Waals surface area contributed by atoms with Crippen LogP contribution in [0.4, 0.5) is 4.39 Å². The predicted octanol–water partition coefficient (Wildman–Crippen LogP) is 3.34. The van der Waals surface area contributed by atoms with Gasteiger partial charge in [-0.05, 0) is 37.8 Å². The number of rotatable bonds is 8. The van der Waals surface area contributed by atoms with E-state index in [1.807, 2.05) is 6.92 Å². The van der Waals surface area contributed by atoms with Crippen molar-refractivity contribution < 1.29 is 13.9 Å². The van der Waals surface area contributed by atoms with Gasteiger partial charge in [-0.15, -0.1) is 24.0 Å². The molecule has 1 fully saturated rings. The molecule has 1 aromatic rings. The molecule has 142 valence electrons. The number of nitrogens with zero attached hydrogens (tertiary/aromatic N) is 1. The van der Waals surface area contributed by atoms with Gasteiger partial charge in [0.15, 0.2) is 5.96 Å². The Hall–Kier alpha value is -1.09. The quantitative estimate of drug-likeness (QED) is 0.352. The van der Waals surface area contributed by atoms with Gasteiger partial charge in [-0.1, -0.05) is 13.0 Å². The van der Waals surface area contributed by atoms with Crippen LogP contribution >= 0.6 is 24.0 Å². The minimum Gasteiger partial charge on any atom is -0.489 e. The van der Waals surface area contributed by atoms with Gasteiger partial charge in [0, 0.05) is 26.3 Å². The molecule has 0 radical (unpaired) electrons. The molecule has 1 saturated heterocycles. The van der Waals surface area contributed by atoms with Crippen LogP contribution in [0.5, 0.6) is 5.75 Å². The van der Waals surface area contributed by atoms with Crippen LogP contribution in [0.1, 0.15) is 32.6 Å². The molecule has 1 heterocycles. The second kappa shape index (κ2) is 12.3. The molecule has 0 aromatic heterocycles. The van der Waals surface area contributed by atoms with Crippen LogP contribution in [0.3, 0.4) is 0 Å². The smallest absolute Gasteiger partial charge is 0.191 e. The van der Waals surface area contributed by atoms with Gasteiger partial charge in [0.1, 0.15) is 17.7 Å². The van der Waals surface area contributed by atoms with E-state index in [9.17, 15) is 4.39 Å². The first-order valence-corrected chi connectivity index (χ1v) is 8.69. The number of nitrogens with one attached hydrogen (secondary N) is 2. The molecule has 2 unspecified atom stereocenters. The molecule has 0 aliphatic carbocycles. The molecule has 0 saturated carbocycles. The summed E-state index contributed by atoms with van der Waals surface area (Å²) in [6.07, 6.45) is 4.42. The zero-order chi connectivity index (χ0) is 17.2. The third-order valence-electron chi connectivity index (χ3n) is 4.06. The zero-order valence-corrected chi connectivity index (χ0v) is 17.3. The minimum atomic E-state index is -0.290. The van der Waals surface area contributed by atoms with E-state index < -0.39 is 0 Å². The molecule has 7 heteroatoms. The summed E-state index contributed by atoms with van der Waals surface area (Å²) in [5, 5.41) is 6.55. The summed E-state index contributed by atoms with van der Waals surface area (Å²) in [7, 11) is 1.75. The Labute approximate surface area is 166 Å². The van der Waals surface area contributed by atoms with Gasteiger partial charge in [-0.2, -0.15) is 0 Å². The van der Waals surface area contributed by atoms with Gasteiger partial charge in [-0.3, -0.25) is 4.99 Å². The molecule has 2 atom stereocenters. The third-order valence-corrected chi connectivity index (χ3v) is 4.06. The largest absolute Gasteiger partial charge is 0.489 e. The Morgan fingerprint density at radius 3 is 2.92 bits per heavy atom. The summed E-state index contributed by atoms with van der Waals surface area (Å²) in [5.74, 6) is 1.00. The molecule has 1 aromatic carbocycles. The molecule has 1 aliphatic heterocycles. The molecule has 2 rings (SSSR count). The molecule has 0 bridgehead atoms. The maximum absolute atomic E-state index is 13.2. The monoisotopic (exact) mass is 465 g/mol. The first-order chi connectivity index (χ1) is 11.7. The number of aliphatic imine (C=N–C) groups is 1. The lowest BCUT2D eigenvalue weighted by atomic mass is 10.2. The molecular weight excluding hydrogens is 436 g/mol. The number of guanidine groups is 1. The highest BCUT2D eigenvalue weighted by molar-refractivity contribution is 14.0. The van der Waals surface area contributed by atoms with E-state index in [2.05, 4.69) is 15.6 Å². The lowest BCUT2D eigenvalue weighted by Gasteiger charge is -2.20. The van der Waals surface area contributed by atoms with Crippen molar-refractivity contribution in [2.75, 3.05) is 26.7 Å². The average Bonchev–Trinajstić information content (AvgIpc) is 3.10. The van der Waals surface area contributed by atoms with Crippen LogP contribution in [-0.4, -0.2) is 44.9 Å². The van der Waals surface area contributed by atoms with E-state index in [0.717, 1.165) is 44.8 Å². The summed E-state index contributed by atoms with van der Waals surface area (Å²) in [6.45, 7) is 4.35. The van der Waals surface area contributed by atoms with Crippen LogP contribution in [0.15, 0.2) is 29.3 Å². The second-order valence-electron chi connectivity index (χ2n) is 5.91. The SMILES string of the molecule is CCC(CNC(=NC)NCCC1CCCO1)Oc1cccc(F)c1.I.